The number of cyclic esters (lactones) is 1. The van der Waals surface area contributed by atoms with Crippen molar-refractivity contribution in [3.63, 3.8) is 0 Å². The van der Waals surface area contributed by atoms with Crippen LogP contribution in [0.3, 0.4) is 0 Å². The fourth-order valence-electron chi connectivity index (χ4n) is 9.38. The molecule has 1 saturated heterocycles. The van der Waals surface area contributed by atoms with Gasteiger partial charge in [0.15, 0.2) is 5.78 Å². The first-order chi connectivity index (χ1) is 17.4. The minimum Gasteiger partial charge on any atom is -0.462 e. The number of ketones is 1. The second kappa shape index (κ2) is 8.57. The van der Waals surface area contributed by atoms with Crippen molar-refractivity contribution in [3.8, 4) is 0 Å². The van der Waals surface area contributed by atoms with Gasteiger partial charge in [0.2, 0.25) is 0 Å². The van der Waals surface area contributed by atoms with Crippen molar-refractivity contribution in [3.05, 3.63) is 11.6 Å². The number of carbonyl (C=O) groups is 2. The molecule has 5 aliphatic rings. The molecule has 4 aliphatic carbocycles. The number of carbonyl (C=O) groups excluding carboxylic acids is 2. The molecule has 0 bridgehead atoms. The molecule has 1 aliphatic heterocycles. The molecule has 9 nitrogen and oxygen atoms in total. The average molecular weight is 537 g/mol. The van der Waals surface area contributed by atoms with Crippen LogP contribution in [0.15, 0.2) is 11.6 Å². The third-order valence-corrected chi connectivity index (χ3v) is 12.1. The molecule has 9 heteroatoms. The molecule has 6 N–H and O–H groups in total. The molecular formula is C29H44O9. The summed E-state index contributed by atoms with van der Waals surface area (Å²) in [5, 5.41) is 67.8. The van der Waals surface area contributed by atoms with Crippen molar-refractivity contribution in [2.45, 2.75) is 121 Å². The van der Waals surface area contributed by atoms with Crippen LogP contribution in [-0.4, -0.2) is 83.6 Å². The minimum atomic E-state index is -1.84. The number of aliphatic hydroxyl groups is 6. The van der Waals surface area contributed by atoms with Gasteiger partial charge < -0.3 is 35.4 Å². The maximum atomic E-state index is 13.4. The van der Waals surface area contributed by atoms with Crippen molar-refractivity contribution in [1.29, 1.82) is 0 Å². The van der Waals surface area contributed by atoms with E-state index in [9.17, 15) is 40.2 Å². The maximum Gasteiger partial charge on any atom is 0.309 e. The highest BCUT2D eigenvalue weighted by atomic mass is 16.6. The van der Waals surface area contributed by atoms with Crippen LogP contribution in [-0.2, 0) is 14.3 Å². The van der Waals surface area contributed by atoms with E-state index in [4.69, 9.17) is 4.74 Å². The van der Waals surface area contributed by atoms with Crippen molar-refractivity contribution >= 4 is 11.8 Å². The Bertz CT molecular complexity index is 1050. The van der Waals surface area contributed by atoms with E-state index >= 15 is 0 Å². The molecule has 13 atom stereocenters. The number of hydrogen-bond acceptors (Lipinski definition) is 9. The van der Waals surface area contributed by atoms with Gasteiger partial charge in [-0.15, -0.1) is 0 Å². The van der Waals surface area contributed by atoms with Crippen LogP contribution >= 0.6 is 0 Å². The van der Waals surface area contributed by atoms with E-state index in [1.165, 1.54) is 6.08 Å². The first-order valence-corrected chi connectivity index (χ1v) is 14.1. The summed E-state index contributed by atoms with van der Waals surface area (Å²) in [6.07, 6.45) is -0.805. The average Bonchev–Trinajstić information content (AvgIpc) is 3.24. The first kappa shape index (κ1) is 28.2. The van der Waals surface area contributed by atoms with E-state index in [0.717, 1.165) is 0 Å². The Morgan fingerprint density at radius 1 is 1.03 bits per heavy atom. The molecule has 0 spiro atoms. The third-order valence-electron chi connectivity index (χ3n) is 12.1. The van der Waals surface area contributed by atoms with Gasteiger partial charge in [-0.2, -0.15) is 0 Å². The lowest BCUT2D eigenvalue weighted by molar-refractivity contribution is -0.211. The van der Waals surface area contributed by atoms with Crippen molar-refractivity contribution < 1.29 is 45.0 Å². The smallest absolute Gasteiger partial charge is 0.309 e. The maximum absolute atomic E-state index is 13.4. The van der Waals surface area contributed by atoms with Crippen LogP contribution in [0.2, 0.25) is 0 Å². The third kappa shape index (κ3) is 3.45. The Morgan fingerprint density at radius 3 is 2.26 bits per heavy atom. The van der Waals surface area contributed by atoms with Crippen LogP contribution in [0, 0.1) is 34.5 Å². The lowest BCUT2D eigenvalue weighted by Crippen LogP contribution is -2.69. The monoisotopic (exact) mass is 536 g/mol. The summed E-state index contributed by atoms with van der Waals surface area (Å²) in [5.74, 6) is -2.39. The Labute approximate surface area is 223 Å². The molecule has 0 radical (unpaired) electrons. The van der Waals surface area contributed by atoms with Gasteiger partial charge in [-0.05, 0) is 75.9 Å². The normalized spacial score (nSPS) is 52.8. The Morgan fingerprint density at radius 2 is 1.66 bits per heavy atom. The number of esters is 1. The van der Waals surface area contributed by atoms with Gasteiger partial charge in [0.1, 0.15) is 11.7 Å². The number of hydrogen-bond donors (Lipinski definition) is 6. The summed E-state index contributed by atoms with van der Waals surface area (Å²) in [6.45, 7) is 8.83. The molecule has 5 rings (SSSR count). The molecule has 0 aromatic carbocycles. The summed E-state index contributed by atoms with van der Waals surface area (Å²) in [5.41, 5.74) is -6.26. The SMILES string of the molecule is C[C@@H]1C(=O)O[C@H](C)[C@H]1C[C@@H](O)[C@](C)(O)[C@H]1CC[C@@]2(O)C3=CC(=O)[C@]4(O)C[C@@H](O)[C@@H](O)C[C@]4(C)[C@@H]3CC[C@]12C. The van der Waals surface area contributed by atoms with Crippen LogP contribution in [0.4, 0.5) is 0 Å². The largest absolute Gasteiger partial charge is 0.462 e. The topological polar surface area (TPSA) is 165 Å². The second-order valence-corrected chi connectivity index (χ2v) is 13.8. The molecule has 0 aromatic rings. The second-order valence-electron chi connectivity index (χ2n) is 13.8. The van der Waals surface area contributed by atoms with E-state index in [1.54, 1.807) is 27.7 Å². The number of ether oxygens (including phenoxy) is 1. The molecule has 3 saturated carbocycles. The fraction of sp³-hybridized carbons (Fsp3) is 0.862. The fourth-order valence-corrected chi connectivity index (χ4v) is 9.38. The van der Waals surface area contributed by atoms with Crippen molar-refractivity contribution in [2.75, 3.05) is 0 Å². The summed E-state index contributed by atoms with van der Waals surface area (Å²) < 4.78 is 5.33. The Kier molecular flexibility index (Phi) is 6.36. The van der Waals surface area contributed by atoms with Gasteiger partial charge >= 0.3 is 5.97 Å². The molecule has 4 fully saturated rings. The van der Waals surface area contributed by atoms with Crippen LogP contribution < -0.4 is 0 Å². The van der Waals surface area contributed by atoms with Gasteiger partial charge in [0, 0.05) is 23.2 Å². The molecule has 38 heavy (non-hydrogen) atoms. The minimum absolute atomic E-state index is 0.0314. The molecule has 0 unspecified atom stereocenters. The van der Waals surface area contributed by atoms with E-state index < -0.39 is 57.6 Å². The quantitative estimate of drug-likeness (QED) is 0.288. The summed E-state index contributed by atoms with van der Waals surface area (Å²) in [7, 11) is 0. The standard InChI is InChI=1S/C29H44O9/c1-14-16(15(2)38-24(14)34)10-22(32)27(5,35)21-7-9-28(36)18-11-23(33)29(37)13-20(31)19(30)12-26(29,4)17(18)6-8-25(21,28)3/h11,14-17,19-22,30-32,35-37H,6-10,12-13H2,1-5H3/t14-,15+,16-,17+,19-,20+,21-,22+,25+,26+,27+,28+,29+/m0/s1. The van der Waals surface area contributed by atoms with E-state index in [0.29, 0.717) is 24.8 Å². The van der Waals surface area contributed by atoms with Crippen LogP contribution in [0.25, 0.3) is 0 Å². The molecule has 1 heterocycles. The highest BCUT2D eigenvalue weighted by Crippen LogP contribution is 2.69. The molecule has 0 aromatic heterocycles. The summed E-state index contributed by atoms with van der Waals surface area (Å²) >= 11 is 0. The highest BCUT2D eigenvalue weighted by molar-refractivity contribution is 6.00. The van der Waals surface area contributed by atoms with E-state index in [2.05, 4.69) is 0 Å². The molecular weight excluding hydrogens is 492 g/mol. The molecule has 214 valence electrons. The lowest BCUT2D eigenvalue weighted by Gasteiger charge is -2.62. The van der Waals surface area contributed by atoms with Crippen molar-refractivity contribution in [2.24, 2.45) is 34.5 Å². The van der Waals surface area contributed by atoms with E-state index in [-0.39, 0.29) is 55.5 Å². The number of aliphatic hydroxyl groups excluding tert-OH is 3. The van der Waals surface area contributed by atoms with E-state index in [1.807, 2.05) is 6.92 Å². The van der Waals surface area contributed by atoms with Crippen LogP contribution in [0.1, 0.15) is 79.6 Å². The predicted octanol–water partition coefficient (Wildman–Crippen LogP) is 1.01. The summed E-state index contributed by atoms with van der Waals surface area (Å²) in [4.78, 5) is 25.4. The molecule has 0 amide bonds. The Hall–Kier alpha value is -1.36. The zero-order valence-electron chi connectivity index (χ0n) is 23.1. The van der Waals surface area contributed by atoms with Gasteiger partial charge in [0.25, 0.3) is 0 Å². The highest BCUT2D eigenvalue weighted by Gasteiger charge is 2.72. The first-order valence-electron chi connectivity index (χ1n) is 14.1. The zero-order valence-corrected chi connectivity index (χ0v) is 23.1. The van der Waals surface area contributed by atoms with Crippen LogP contribution in [0.5, 0.6) is 0 Å². The van der Waals surface area contributed by atoms with Gasteiger partial charge in [0.05, 0.1) is 35.4 Å². The Balaban J connectivity index is 1.47. The predicted molar refractivity (Wildman–Crippen MR) is 135 cm³/mol. The lowest BCUT2D eigenvalue weighted by atomic mass is 9.44. The summed E-state index contributed by atoms with van der Waals surface area (Å²) in [6, 6.07) is 0. The van der Waals surface area contributed by atoms with Gasteiger partial charge in [-0.1, -0.05) is 20.8 Å². The number of fused-ring (bicyclic) bond motifs is 5. The zero-order chi connectivity index (χ0) is 28.2. The van der Waals surface area contributed by atoms with Gasteiger partial charge in [-0.3, -0.25) is 9.59 Å². The number of rotatable bonds is 4. The van der Waals surface area contributed by atoms with Crippen molar-refractivity contribution in [1.82, 2.24) is 0 Å². The van der Waals surface area contributed by atoms with Gasteiger partial charge in [-0.25, -0.2) is 0 Å².